The van der Waals surface area contributed by atoms with Gasteiger partial charge in [0.05, 0.1) is 13.2 Å². The van der Waals surface area contributed by atoms with Crippen LogP contribution in [0.3, 0.4) is 0 Å². The summed E-state index contributed by atoms with van der Waals surface area (Å²) in [6.45, 7) is 14.2. The first-order valence-electron chi connectivity index (χ1n) is 9.03. The molecular formula is C18H33IN4OS. The molecule has 1 aliphatic rings. The second kappa shape index (κ2) is 12.9. The first kappa shape index (κ1) is 22.7. The Hall–Kier alpha value is -0.380. The predicted molar refractivity (Wildman–Crippen MR) is 119 cm³/mol. The van der Waals surface area contributed by atoms with Crippen molar-refractivity contribution in [3.8, 4) is 0 Å². The van der Waals surface area contributed by atoms with Crippen molar-refractivity contribution in [2.75, 3.05) is 52.5 Å². The largest absolute Gasteiger partial charge is 0.379 e. The van der Waals surface area contributed by atoms with E-state index in [1.165, 1.54) is 5.56 Å². The molecule has 2 heterocycles. The molecule has 5 nitrogen and oxygen atoms in total. The van der Waals surface area contributed by atoms with Crippen molar-refractivity contribution in [2.24, 2.45) is 10.9 Å². The Bertz CT molecular complexity index is 477. The maximum absolute atomic E-state index is 5.41. The zero-order chi connectivity index (χ0) is 17.2. The molecule has 2 rings (SSSR count). The van der Waals surface area contributed by atoms with Crippen LogP contribution in [-0.2, 0) is 4.74 Å². The van der Waals surface area contributed by atoms with Crippen molar-refractivity contribution in [3.05, 3.63) is 22.4 Å². The van der Waals surface area contributed by atoms with Gasteiger partial charge < -0.3 is 15.4 Å². The van der Waals surface area contributed by atoms with Gasteiger partial charge in [-0.25, -0.2) is 0 Å². The van der Waals surface area contributed by atoms with E-state index in [2.05, 4.69) is 53.1 Å². The minimum absolute atomic E-state index is 0. The van der Waals surface area contributed by atoms with Gasteiger partial charge in [-0.05, 0) is 41.1 Å². The Morgan fingerprint density at radius 1 is 1.32 bits per heavy atom. The van der Waals surface area contributed by atoms with Crippen LogP contribution in [0.5, 0.6) is 0 Å². The smallest absolute Gasteiger partial charge is 0.191 e. The summed E-state index contributed by atoms with van der Waals surface area (Å²) in [5.41, 5.74) is 1.39. The first-order chi connectivity index (χ1) is 11.7. The number of rotatable bonds is 8. The second-order valence-electron chi connectivity index (χ2n) is 6.58. The molecule has 144 valence electrons. The number of halogens is 1. The molecule has 2 atom stereocenters. The Labute approximate surface area is 173 Å². The average Bonchev–Trinajstić information content (AvgIpc) is 3.12. The van der Waals surface area contributed by atoms with E-state index in [0.717, 1.165) is 58.4 Å². The Kier molecular flexibility index (Phi) is 11.7. The molecule has 25 heavy (non-hydrogen) atoms. The fourth-order valence-electron chi connectivity index (χ4n) is 2.79. The van der Waals surface area contributed by atoms with Crippen LogP contribution in [0.2, 0.25) is 0 Å². The van der Waals surface area contributed by atoms with Crippen molar-refractivity contribution in [2.45, 2.75) is 26.7 Å². The molecule has 2 N–H and O–H groups in total. The molecule has 2 unspecified atom stereocenters. The standard InChI is InChI=1S/C18H32N4OS.HI/c1-4-19-18(21-12-16(3)17-5-10-24-14-17)20-11-15(2)13-22-6-8-23-9-7-22;/h5,10,14-16H,4,6-9,11-13H2,1-3H3,(H2,19,20,21);1H. The van der Waals surface area contributed by atoms with E-state index in [0.29, 0.717) is 11.8 Å². The molecule has 0 amide bonds. The summed E-state index contributed by atoms with van der Waals surface area (Å²) in [4.78, 5) is 7.25. The quantitative estimate of drug-likeness (QED) is 0.341. The molecule has 7 heteroatoms. The number of hydrogen-bond donors (Lipinski definition) is 2. The summed E-state index contributed by atoms with van der Waals surface area (Å²) >= 11 is 1.76. The summed E-state index contributed by atoms with van der Waals surface area (Å²) in [5.74, 6) is 1.96. The topological polar surface area (TPSA) is 48.9 Å². The third-order valence-corrected chi connectivity index (χ3v) is 4.97. The molecule has 1 saturated heterocycles. The molecule has 0 aliphatic carbocycles. The van der Waals surface area contributed by atoms with Crippen molar-refractivity contribution in [3.63, 3.8) is 0 Å². The molecule has 1 aromatic heterocycles. The van der Waals surface area contributed by atoms with E-state index in [4.69, 9.17) is 9.73 Å². The number of nitrogens with zero attached hydrogens (tertiary/aromatic N) is 2. The van der Waals surface area contributed by atoms with Gasteiger partial charge in [0.25, 0.3) is 0 Å². The maximum Gasteiger partial charge on any atom is 0.191 e. The highest BCUT2D eigenvalue weighted by atomic mass is 127. The zero-order valence-electron chi connectivity index (χ0n) is 15.7. The zero-order valence-corrected chi connectivity index (χ0v) is 18.8. The van der Waals surface area contributed by atoms with Gasteiger partial charge in [-0.3, -0.25) is 9.89 Å². The van der Waals surface area contributed by atoms with Crippen LogP contribution in [0.1, 0.15) is 32.3 Å². The molecule has 0 spiro atoms. The third-order valence-electron chi connectivity index (χ3n) is 4.27. The summed E-state index contributed by atoms with van der Waals surface area (Å²) in [5, 5.41) is 11.2. The monoisotopic (exact) mass is 480 g/mol. The molecule has 0 aromatic carbocycles. The highest BCUT2D eigenvalue weighted by Gasteiger charge is 2.14. The predicted octanol–water partition coefficient (Wildman–Crippen LogP) is 2.99. The molecule has 1 aliphatic heterocycles. The van der Waals surface area contributed by atoms with Crippen molar-refractivity contribution in [1.82, 2.24) is 15.5 Å². The van der Waals surface area contributed by atoms with E-state index in [9.17, 15) is 0 Å². The molecule has 0 radical (unpaired) electrons. The van der Waals surface area contributed by atoms with E-state index in [-0.39, 0.29) is 24.0 Å². The van der Waals surface area contributed by atoms with Crippen LogP contribution < -0.4 is 10.6 Å². The van der Waals surface area contributed by atoms with Gasteiger partial charge in [-0.2, -0.15) is 11.3 Å². The fourth-order valence-corrected chi connectivity index (χ4v) is 3.58. The maximum atomic E-state index is 5.41. The van der Waals surface area contributed by atoms with Crippen LogP contribution >= 0.6 is 35.3 Å². The lowest BCUT2D eigenvalue weighted by Gasteiger charge is -2.28. The van der Waals surface area contributed by atoms with Crippen LogP contribution in [0, 0.1) is 5.92 Å². The molecule has 0 bridgehead atoms. The van der Waals surface area contributed by atoms with Crippen molar-refractivity contribution < 1.29 is 4.74 Å². The van der Waals surface area contributed by atoms with Gasteiger partial charge in [0.1, 0.15) is 0 Å². The van der Waals surface area contributed by atoms with Crippen LogP contribution in [0.4, 0.5) is 0 Å². The van der Waals surface area contributed by atoms with Gasteiger partial charge in [0, 0.05) is 39.3 Å². The highest BCUT2D eigenvalue weighted by molar-refractivity contribution is 14.0. The summed E-state index contributed by atoms with van der Waals surface area (Å²) in [7, 11) is 0. The van der Waals surface area contributed by atoms with Crippen LogP contribution in [0.15, 0.2) is 21.8 Å². The summed E-state index contributed by atoms with van der Waals surface area (Å²) in [6.07, 6.45) is 0. The summed E-state index contributed by atoms with van der Waals surface area (Å²) < 4.78 is 5.41. The summed E-state index contributed by atoms with van der Waals surface area (Å²) in [6, 6.07) is 2.20. The van der Waals surface area contributed by atoms with Gasteiger partial charge in [-0.1, -0.05) is 13.8 Å². The minimum atomic E-state index is 0. The van der Waals surface area contributed by atoms with Gasteiger partial charge in [0.2, 0.25) is 0 Å². The molecule has 0 saturated carbocycles. The Morgan fingerprint density at radius 3 is 2.72 bits per heavy atom. The highest BCUT2D eigenvalue weighted by Crippen LogP contribution is 2.17. The van der Waals surface area contributed by atoms with E-state index in [1.54, 1.807) is 11.3 Å². The lowest BCUT2D eigenvalue weighted by molar-refractivity contribution is 0.0323. The fraction of sp³-hybridized carbons (Fsp3) is 0.722. The molecular weight excluding hydrogens is 447 g/mol. The number of thiophene rings is 1. The third kappa shape index (κ3) is 8.70. The normalized spacial score (nSPS) is 18.3. The van der Waals surface area contributed by atoms with Gasteiger partial charge in [-0.15, -0.1) is 24.0 Å². The SMILES string of the molecule is CCNC(=NCC(C)CN1CCOCC1)NCC(C)c1ccsc1.I. The second-order valence-corrected chi connectivity index (χ2v) is 7.36. The number of aliphatic imine (C=N–C) groups is 1. The Balaban J connectivity index is 0.00000312. The molecule has 1 aromatic rings. The number of morpholine rings is 1. The van der Waals surface area contributed by atoms with E-state index < -0.39 is 0 Å². The number of hydrogen-bond acceptors (Lipinski definition) is 4. The minimum Gasteiger partial charge on any atom is -0.379 e. The number of ether oxygens (including phenoxy) is 1. The van der Waals surface area contributed by atoms with E-state index in [1.807, 2.05) is 0 Å². The van der Waals surface area contributed by atoms with Crippen LogP contribution in [-0.4, -0.2) is 63.3 Å². The number of guanidine groups is 1. The van der Waals surface area contributed by atoms with Gasteiger partial charge in [0.15, 0.2) is 5.96 Å². The van der Waals surface area contributed by atoms with E-state index >= 15 is 0 Å². The van der Waals surface area contributed by atoms with Gasteiger partial charge >= 0.3 is 0 Å². The molecule has 1 fully saturated rings. The average molecular weight is 480 g/mol. The van der Waals surface area contributed by atoms with Crippen LogP contribution in [0.25, 0.3) is 0 Å². The van der Waals surface area contributed by atoms with Crippen molar-refractivity contribution in [1.29, 1.82) is 0 Å². The van der Waals surface area contributed by atoms with Crippen molar-refractivity contribution >= 4 is 41.3 Å². The lowest BCUT2D eigenvalue weighted by Crippen LogP contribution is -2.41. The Morgan fingerprint density at radius 2 is 2.08 bits per heavy atom. The first-order valence-corrected chi connectivity index (χ1v) is 9.97. The lowest BCUT2D eigenvalue weighted by atomic mass is 10.1. The number of nitrogens with one attached hydrogen (secondary N) is 2.